The Balaban J connectivity index is 2.37. The number of alkyl halides is 3. The summed E-state index contributed by atoms with van der Waals surface area (Å²) in [5.41, 5.74) is 0.812. The Kier molecular flexibility index (Phi) is 4.10. The molecule has 86 valence electrons. The Morgan fingerprint density at radius 2 is 1.88 bits per heavy atom. The van der Waals surface area contributed by atoms with Gasteiger partial charge >= 0.3 is 6.18 Å². The number of allylic oxidation sites excluding steroid dienone is 1. The van der Waals surface area contributed by atoms with E-state index in [0.717, 1.165) is 11.8 Å². The highest BCUT2D eigenvalue weighted by Gasteiger charge is 2.36. The molecular formula is C11H9F3O2. The molecule has 16 heavy (non-hydrogen) atoms. The van der Waals surface area contributed by atoms with E-state index in [0.29, 0.717) is 6.08 Å². The third-order valence-corrected chi connectivity index (χ3v) is 1.69. The second kappa shape index (κ2) is 5.34. The third-order valence-electron chi connectivity index (χ3n) is 1.69. The Morgan fingerprint density at radius 1 is 1.25 bits per heavy atom. The van der Waals surface area contributed by atoms with Crippen LogP contribution in [0, 0.1) is 0 Å². The van der Waals surface area contributed by atoms with Gasteiger partial charge in [0.25, 0.3) is 5.78 Å². The maximum Gasteiger partial charge on any atom is 0.454 e. The summed E-state index contributed by atoms with van der Waals surface area (Å²) < 4.78 is 40.0. The average Bonchev–Trinajstić information content (AvgIpc) is 2.24. The van der Waals surface area contributed by atoms with Crippen LogP contribution in [-0.2, 0) is 16.1 Å². The van der Waals surface area contributed by atoms with Crippen molar-refractivity contribution in [2.75, 3.05) is 0 Å². The zero-order valence-corrected chi connectivity index (χ0v) is 8.20. The molecule has 0 heterocycles. The van der Waals surface area contributed by atoms with Gasteiger partial charge in [0.15, 0.2) is 0 Å². The lowest BCUT2D eigenvalue weighted by atomic mass is 10.2. The molecule has 0 amide bonds. The fourth-order valence-corrected chi connectivity index (χ4v) is 0.923. The molecule has 1 aromatic carbocycles. The van der Waals surface area contributed by atoms with E-state index >= 15 is 0 Å². The fraction of sp³-hybridized carbons (Fsp3) is 0.182. The van der Waals surface area contributed by atoms with Crippen LogP contribution in [0.3, 0.4) is 0 Å². The summed E-state index contributed by atoms with van der Waals surface area (Å²) in [4.78, 5) is 10.4. The molecule has 0 aliphatic heterocycles. The molecule has 0 aromatic heterocycles. The minimum Gasteiger partial charge on any atom is -0.496 e. The highest BCUT2D eigenvalue weighted by atomic mass is 19.4. The van der Waals surface area contributed by atoms with Crippen molar-refractivity contribution in [1.82, 2.24) is 0 Å². The molecule has 0 unspecified atom stereocenters. The minimum atomic E-state index is -4.84. The smallest absolute Gasteiger partial charge is 0.454 e. The number of ether oxygens (including phenoxy) is 1. The fourth-order valence-electron chi connectivity index (χ4n) is 0.923. The Morgan fingerprint density at radius 3 is 2.44 bits per heavy atom. The molecule has 0 N–H and O–H groups in total. The van der Waals surface area contributed by atoms with Crippen LogP contribution >= 0.6 is 0 Å². The Bertz CT molecular complexity index is 369. The van der Waals surface area contributed by atoms with E-state index in [9.17, 15) is 18.0 Å². The van der Waals surface area contributed by atoms with Crippen molar-refractivity contribution in [2.24, 2.45) is 0 Å². The van der Waals surface area contributed by atoms with E-state index in [1.165, 1.54) is 0 Å². The molecule has 0 fully saturated rings. The standard InChI is InChI=1S/C11H9F3O2/c12-11(13,14)10(15)6-7-16-8-9-4-2-1-3-5-9/h1-7H,8H2. The zero-order chi connectivity index (χ0) is 12.0. The highest BCUT2D eigenvalue weighted by Crippen LogP contribution is 2.16. The molecule has 2 nitrogen and oxygen atoms in total. The molecule has 1 rings (SSSR count). The van der Waals surface area contributed by atoms with Gasteiger partial charge in [-0.05, 0) is 5.56 Å². The second-order valence-corrected chi connectivity index (χ2v) is 2.96. The Hall–Kier alpha value is -1.78. The number of carbonyl (C=O) groups is 1. The molecule has 0 atom stereocenters. The SMILES string of the molecule is O=C(C=COCc1ccccc1)C(F)(F)F. The Labute approximate surface area is 90.3 Å². The van der Waals surface area contributed by atoms with Gasteiger partial charge in [0.2, 0.25) is 0 Å². The van der Waals surface area contributed by atoms with Gasteiger partial charge in [-0.2, -0.15) is 13.2 Å². The largest absolute Gasteiger partial charge is 0.496 e. The molecule has 0 aliphatic rings. The van der Waals surface area contributed by atoms with Crippen LogP contribution < -0.4 is 0 Å². The minimum absolute atomic E-state index is 0.127. The van der Waals surface area contributed by atoms with Gasteiger partial charge in [0, 0.05) is 6.08 Å². The molecule has 0 saturated heterocycles. The summed E-state index contributed by atoms with van der Waals surface area (Å²) in [6.07, 6.45) is -3.72. The predicted molar refractivity (Wildman–Crippen MR) is 51.4 cm³/mol. The van der Waals surface area contributed by atoms with Crippen molar-refractivity contribution >= 4 is 5.78 Å². The second-order valence-electron chi connectivity index (χ2n) is 2.96. The van der Waals surface area contributed by atoms with Crippen molar-refractivity contribution in [3.8, 4) is 0 Å². The summed E-state index contributed by atoms with van der Waals surface area (Å²) in [5.74, 6) is -1.93. The van der Waals surface area contributed by atoms with Gasteiger partial charge in [0.05, 0.1) is 6.26 Å². The number of hydrogen-bond donors (Lipinski definition) is 0. The molecule has 0 aliphatic carbocycles. The predicted octanol–water partition coefficient (Wildman–Crippen LogP) is 2.85. The summed E-state index contributed by atoms with van der Waals surface area (Å²) in [6.45, 7) is 0.127. The maximum atomic E-state index is 11.7. The van der Waals surface area contributed by atoms with Gasteiger partial charge in [-0.15, -0.1) is 0 Å². The van der Waals surface area contributed by atoms with Gasteiger partial charge in [-0.1, -0.05) is 30.3 Å². The van der Waals surface area contributed by atoms with Gasteiger partial charge < -0.3 is 4.74 Å². The number of ketones is 1. The molecule has 0 bridgehead atoms. The van der Waals surface area contributed by atoms with Crippen LogP contribution in [0.25, 0.3) is 0 Å². The van der Waals surface area contributed by atoms with E-state index in [4.69, 9.17) is 4.74 Å². The van der Waals surface area contributed by atoms with Crippen LogP contribution in [0.1, 0.15) is 5.56 Å². The summed E-state index contributed by atoms with van der Waals surface area (Å²) in [5, 5.41) is 0. The van der Waals surface area contributed by atoms with Crippen LogP contribution in [-0.4, -0.2) is 12.0 Å². The average molecular weight is 230 g/mol. The topological polar surface area (TPSA) is 26.3 Å². The molecular weight excluding hydrogens is 221 g/mol. The first-order chi connectivity index (χ1) is 7.50. The van der Waals surface area contributed by atoms with Crippen molar-refractivity contribution in [3.63, 3.8) is 0 Å². The molecule has 0 spiro atoms. The molecule has 0 saturated carbocycles. The normalized spacial score (nSPS) is 11.7. The van der Waals surface area contributed by atoms with Crippen LogP contribution in [0.4, 0.5) is 13.2 Å². The highest BCUT2D eigenvalue weighted by molar-refractivity contribution is 5.94. The van der Waals surface area contributed by atoms with Crippen LogP contribution in [0.5, 0.6) is 0 Å². The summed E-state index contributed by atoms with van der Waals surface area (Å²) >= 11 is 0. The number of carbonyl (C=O) groups excluding carboxylic acids is 1. The lowest BCUT2D eigenvalue weighted by molar-refractivity contribution is -0.165. The van der Waals surface area contributed by atoms with Gasteiger partial charge in [-0.3, -0.25) is 4.79 Å². The van der Waals surface area contributed by atoms with Crippen molar-refractivity contribution < 1.29 is 22.7 Å². The van der Waals surface area contributed by atoms with E-state index in [1.807, 2.05) is 6.07 Å². The van der Waals surface area contributed by atoms with Gasteiger partial charge in [0.1, 0.15) is 6.61 Å². The lowest BCUT2D eigenvalue weighted by Gasteiger charge is -2.01. The summed E-state index contributed by atoms with van der Waals surface area (Å²) in [7, 11) is 0. The van der Waals surface area contributed by atoms with E-state index in [1.54, 1.807) is 24.3 Å². The number of hydrogen-bond acceptors (Lipinski definition) is 2. The monoisotopic (exact) mass is 230 g/mol. The summed E-state index contributed by atoms with van der Waals surface area (Å²) in [6, 6.07) is 8.90. The molecule has 0 radical (unpaired) electrons. The van der Waals surface area contributed by atoms with Crippen molar-refractivity contribution in [1.29, 1.82) is 0 Å². The van der Waals surface area contributed by atoms with E-state index in [2.05, 4.69) is 0 Å². The van der Waals surface area contributed by atoms with Crippen molar-refractivity contribution in [2.45, 2.75) is 12.8 Å². The zero-order valence-electron chi connectivity index (χ0n) is 8.20. The van der Waals surface area contributed by atoms with E-state index in [-0.39, 0.29) is 6.61 Å². The molecule has 5 heteroatoms. The van der Waals surface area contributed by atoms with E-state index < -0.39 is 12.0 Å². The van der Waals surface area contributed by atoms with Crippen LogP contribution in [0.2, 0.25) is 0 Å². The number of benzene rings is 1. The third kappa shape index (κ3) is 4.16. The van der Waals surface area contributed by atoms with Gasteiger partial charge in [-0.25, -0.2) is 0 Å². The van der Waals surface area contributed by atoms with Crippen molar-refractivity contribution in [3.05, 3.63) is 48.2 Å². The first-order valence-electron chi connectivity index (χ1n) is 4.43. The van der Waals surface area contributed by atoms with Crippen LogP contribution in [0.15, 0.2) is 42.7 Å². The number of rotatable bonds is 4. The number of halogens is 3. The first-order valence-corrected chi connectivity index (χ1v) is 4.43. The first kappa shape index (κ1) is 12.3. The molecule has 1 aromatic rings. The maximum absolute atomic E-state index is 11.7. The quantitative estimate of drug-likeness (QED) is 0.587. The lowest BCUT2D eigenvalue weighted by Crippen LogP contribution is -2.19.